The quantitative estimate of drug-likeness (QED) is 0.306. The van der Waals surface area contributed by atoms with Gasteiger partial charge in [0.1, 0.15) is 18.0 Å². The van der Waals surface area contributed by atoms with Gasteiger partial charge in [0.15, 0.2) is 0 Å². The van der Waals surface area contributed by atoms with E-state index in [9.17, 15) is 18.3 Å². The topological polar surface area (TPSA) is 119 Å². The molecule has 0 unspecified atom stereocenters. The number of anilines is 2. The third kappa shape index (κ3) is 6.59. The smallest absolute Gasteiger partial charge is 0.243 e. The average Bonchev–Trinajstić information content (AvgIpc) is 3.01. The van der Waals surface area contributed by atoms with Crippen molar-refractivity contribution >= 4 is 49.9 Å². The van der Waals surface area contributed by atoms with Gasteiger partial charge in [-0.1, -0.05) is 54.1 Å². The summed E-state index contributed by atoms with van der Waals surface area (Å²) in [5.41, 5.74) is 0.0898. The number of amides is 1. The van der Waals surface area contributed by atoms with Gasteiger partial charge in [-0.3, -0.25) is 4.79 Å². The first-order valence-electron chi connectivity index (χ1n) is 14.2. The molecule has 2 aliphatic rings. The Morgan fingerprint density at radius 1 is 0.907 bits per heavy atom. The second-order valence-corrected chi connectivity index (χ2v) is 13.5. The van der Waals surface area contributed by atoms with Crippen molar-refractivity contribution in [2.75, 3.05) is 49.5 Å². The minimum absolute atomic E-state index is 0.137. The molecule has 1 aromatic heterocycles. The van der Waals surface area contributed by atoms with Gasteiger partial charge in [0, 0.05) is 50.4 Å². The van der Waals surface area contributed by atoms with Crippen LogP contribution in [-0.2, 0) is 21.4 Å². The van der Waals surface area contributed by atoms with E-state index in [0.29, 0.717) is 37.5 Å². The summed E-state index contributed by atoms with van der Waals surface area (Å²) in [7, 11) is -3.86. The van der Waals surface area contributed by atoms with E-state index < -0.39 is 15.6 Å². The fourth-order valence-electron chi connectivity index (χ4n) is 5.63. The molecular formula is C31H33ClN6O4S. The molecule has 224 valence electrons. The first-order chi connectivity index (χ1) is 20.7. The van der Waals surface area contributed by atoms with E-state index in [1.54, 1.807) is 41.3 Å². The lowest BCUT2D eigenvalue weighted by atomic mass is 9.90. The van der Waals surface area contributed by atoms with E-state index in [-0.39, 0.29) is 37.0 Å². The lowest BCUT2D eigenvalue weighted by Crippen LogP contribution is -2.58. The Labute approximate surface area is 256 Å². The zero-order chi connectivity index (χ0) is 30.0. The van der Waals surface area contributed by atoms with Crippen LogP contribution >= 0.6 is 11.6 Å². The summed E-state index contributed by atoms with van der Waals surface area (Å²) in [4.78, 5) is 25.7. The standard InChI is InChI=1S/C31H33ClN6O4S/c32-26-8-6-25-17-27(9-7-24(25)16-26)43(41,42)38-15-14-37(30(39)20-38)21-31(40)10-12-36(13-11-31)29-18-28(34-22-35-29)33-19-23-4-2-1-3-5-23/h1-9,16-18,22,40H,10-15,19-21H2,(H,33,34,35). The third-order valence-electron chi connectivity index (χ3n) is 8.17. The van der Waals surface area contributed by atoms with Gasteiger partial charge in [0.05, 0.1) is 17.0 Å². The van der Waals surface area contributed by atoms with Crippen molar-refractivity contribution in [3.63, 3.8) is 0 Å². The van der Waals surface area contributed by atoms with E-state index in [1.807, 2.05) is 36.4 Å². The number of sulfonamides is 1. The zero-order valence-corrected chi connectivity index (χ0v) is 25.1. The Morgan fingerprint density at radius 3 is 2.42 bits per heavy atom. The summed E-state index contributed by atoms with van der Waals surface area (Å²) in [5.74, 6) is 1.18. The van der Waals surface area contributed by atoms with Gasteiger partial charge >= 0.3 is 0 Å². The average molecular weight is 621 g/mol. The first-order valence-corrected chi connectivity index (χ1v) is 16.0. The van der Waals surface area contributed by atoms with Crippen molar-refractivity contribution < 1.29 is 18.3 Å². The van der Waals surface area contributed by atoms with Crippen molar-refractivity contribution in [1.82, 2.24) is 19.2 Å². The highest BCUT2D eigenvalue weighted by atomic mass is 35.5. The number of fused-ring (bicyclic) bond motifs is 1. The first kappa shape index (κ1) is 29.3. The Hall–Kier alpha value is -3.77. The van der Waals surface area contributed by atoms with E-state index in [2.05, 4.69) is 20.2 Å². The molecule has 0 atom stereocenters. The lowest BCUT2D eigenvalue weighted by molar-refractivity contribution is -0.138. The number of nitrogens with one attached hydrogen (secondary N) is 1. The molecule has 0 spiro atoms. The van der Waals surface area contributed by atoms with Gasteiger partial charge in [-0.25, -0.2) is 18.4 Å². The largest absolute Gasteiger partial charge is 0.388 e. The van der Waals surface area contributed by atoms with E-state index >= 15 is 0 Å². The summed E-state index contributed by atoms with van der Waals surface area (Å²) in [5, 5.41) is 16.9. The summed E-state index contributed by atoms with van der Waals surface area (Å²) < 4.78 is 28.0. The van der Waals surface area contributed by atoms with Crippen molar-refractivity contribution in [1.29, 1.82) is 0 Å². The predicted octanol–water partition coefficient (Wildman–Crippen LogP) is 3.76. The molecule has 3 heterocycles. The highest BCUT2D eigenvalue weighted by Crippen LogP contribution is 2.29. The molecule has 1 amide bonds. The number of carbonyl (C=O) groups excluding carboxylic acids is 1. The van der Waals surface area contributed by atoms with E-state index in [1.165, 1.54) is 10.6 Å². The molecule has 0 aliphatic carbocycles. The monoisotopic (exact) mass is 620 g/mol. The van der Waals surface area contributed by atoms with Crippen LogP contribution in [0.4, 0.5) is 11.6 Å². The van der Waals surface area contributed by atoms with Crippen LogP contribution in [0.2, 0.25) is 5.02 Å². The van der Waals surface area contributed by atoms with Crippen LogP contribution in [0.3, 0.4) is 0 Å². The number of carbonyl (C=O) groups is 1. The van der Waals surface area contributed by atoms with Crippen LogP contribution in [0, 0.1) is 0 Å². The Bertz CT molecular complexity index is 1730. The van der Waals surface area contributed by atoms with Crippen molar-refractivity contribution in [2.45, 2.75) is 29.9 Å². The molecule has 3 aromatic carbocycles. The summed E-state index contributed by atoms with van der Waals surface area (Å²) in [6.45, 7) is 2.07. The molecule has 43 heavy (non-hydrogen) atoms. The molecule has 0 radical (unpaired) electrons. The van der Waals surface area contributed by atoms with Crippen molar-refractivity contribution in [2.24, 2.45) is 0 Å². The van der Waals surface area contributed by atoms with Gasteiger partial charge in [-0.15, -0.1) is 0 Å². The van der Waals surface area contributed by atoms with Crippen LogP contribution in [0.1, 0.15) is 18.4 Å². The van der Waals surface area contributed by atoms with Gasteiger partial charge in [-0.05, 0) is 53.4 Å². The van der Waals surface area contributed by atoms with Gasteiger partial charge in [0.2, 0.25) is 15.9 Å². The fraction of sp³-hybridized carbons (Fsp3) is 0.323. The Balaban J connectivity index is 1.03. The molecule has 2 N–H and O–H groups in total. The highest BCUT2D eigenvalue weighted by Gasteiger charge is 2.39. The number of nitrogens with zero attached hydrogens (tertiary/aromatic N) is 5. The number of piperidine rings is 1. The fourth-order valence-corrected chi connectivity index (χ4v) is 7.23. The van der Waals surface area contributed by atoms with Crippen LogP contribution in [0.25, 0.3) is 10.8 Å². The number of benzene rings is 3. The summed E-state index contributed by atoms with van der Waals surface area (Å²) in [6.07, 6.45) is 2.44. The number of rotatable bonds is 8. The maximum absolute atomic E-state index is 13.4. The number of halogens is 1. The maximum atomic E-state index is 13.4. The SMILES string of the molecule is O=C1CN(S(=O)(=O)c2ccc3cc(Cl)ccc3c2)CCN1CC1(O)CCN(c2cc(NCc3ccccc3)ncn2)CC1. The molecule has 10 nitrogen and oxygen atoms in total. The second kappa shape index (κ2) is 12.1. The number of hydrogen-bond donors (Lipinski definition) is 2. The number of β-amino-alcohol motifs (C(OH)–C–C–N with tert-alkyl or cyclic N) is 1. The van der Waals surface area contributed by atoms with Crippen LogP contribution in [-0.4, -0.2) is 83.5 Å². The Kier molecular flexibility index (Phi) is 8.23. The van der Waals surface area contributed by atoms with Crippen molar-refractivity contribution in [3.05, 3.63) is 89.7 Å². The minimum Gasteiger partial charge on any atom is -0.388 e. The highest BCUT2D eigenvalue weighted by molar-refractivity contribution is 7.89. The van der Waals surface area contributed by atoms with Gasteiger partial charge in [0.25, 0.3) is 0 Å². The third-order valence-corrected chi connectivity index (χ3v) is 10.2. The number of piperazine rings is 1. The molecule has 4 aromatic rings. The zero-order valence-electron chi connectivity index (χ0n) is 23.6. The number of hydrogen-bond acceptors (Lipinski definition) is 8. The minimum atomic E-state index is -3.86. The maximum Gasteiger partial charge on any atom is 0.243 e. The number of aromatic nitrogens is 2. The molecule has 2 fully saturated rings. The molecule has 2 aliphatic heterocycles. The van der Waals surface area contributed by atoms with Crippen LogP contribution in [0.5, 0.6) is 0 Å². The van der Waals surface area contributed by atoms with Crippen LogP contribution < -0.4 is 10.2 Å². The number of aliphatic hydroxyl groups is 1. The molecule has 6 rings (SSSR count). The van der Waals surface area contributed by atoms with E-state index in [4.69, 9.17) is 11.6 Å². The van der Waals surface area contributed by atoms with Gasteiger partial charge < -0.3 is 20.2 Å². The van der Waals surface area contributed by atoms with E-state index in [0.717, 1.165) is 28.0 Å². The second-order valence-electron chi connectivity index (χ2n) is 11.1. The predicted molar refractivity (Wildman–Crippen MR) is 166 cm³/mol. The molecule has 2 saturated heterocycles. The normalized spacial score (nSPS) is 17.8. The summed E-state index contributed by atoms with van der Waals surface area (Å²) >= 11 is 6.05. The van der Waals surface area contributed by atoms with Gasteiger partial charge in [-0.2, -0.15) is 4.31 Å². The lowest BCUT2D eigenvalue weighted by Gasteiger charge is -2.43. The van der Waals surface area contributed by atoms with Crippen LogP contribution in [0.15, 0.2) is 84.0 Å². The molecule has 0 bridgehead atoms. The summed E-state index contributed by atoms with van der Waals surface area (Å²) in [6, 6.07) is 22.1. The van der Waals surface area contributed by atoms with Crippen molar-refractivity contribution in [3.8, 4) is 0 Å². The molecular weight excluding hydrogens is 588 g/mol. The Morgan fingerprint density at radius 2 is 1.65 bits per heavy atom. The molecule has 0 saturated carbocycles. The molecule has 12 heteroatoms.